The zero-order valence-corrected chi connectivity index (χ0v) is 17.4. The molecule has 2 heterocycles. The predicted octanol–water partition coefficient (Wildman–Crippen LogP) is 3.42. The van der Waals surface area contributed by atoms with E-state index in [0.29, 0.717) is 21.6 Å². The molecular weight excluding hydrogens is 416 g/mol. The molecule has 0 saturated carbocycles. The Morgan fingerprint density at radius 1 is 0.967 bits per heavy atom. The molecule has 5 rings (SSSR count). The number of rotatable bonds is 3. The van der Waals surface area contributed by atoms with Gasteiger partial charge in [-0.3, -0.25) is 15.1 Å². The number of benzene rings is 3. The SMILES string of the molecule is O=C1NC(SCc2ccccc2)=NN2C1=c1ccccc1=N[C@@H]2c1ccc(Cl)cc1. The van der Waals surface area contributed by atoms with Crippen molar-refractivity contribution >= 4 is 40.1 Å². The zero-order valence-electron chi connectivity index (χ0n) is 15.8. The highest BCUT2D eigenvalue weighted by Gasteiger charge is 2.34. The number of amides is 1. The molecule has 1 atom stereocenters. The lowest BCUT2D eigenvalue weighted by Crippen LogP contribution is -2.50. The van der Waals surface area contributed by atoms with Crippen LogP contribution in [0, 0.1) is 0 Å². The van der Waals surface area contributed by atoms with E-state index in [2.05, 4.69) is 17.4 Å². The number of fused-ring (bicyclic) bond motifs is 2. The Kier molecular flexibility index (Phi) is 5.02. The number of nitrogens with one attached hydrogen (secondary N) is 1. The van der Waals surface area contributed by atoms with Crippen LogP contribution in [0.15, 0.2) is 89.0 Å². The number of hydrogen-bond acceptors (Lipinski definition) is 5. The van der Waals surface area contributed by atoms with Crippen LogP contribution in [0.3, 0.4) is 0 Å². The topological polar surface area (TPSA) is 57.1 Å². The van der Waals surface area contributed by atoms with Gasteiger partial charge in [0.2, 0.25) is 0 Å². The van der Waals surface area contributed by atoms with Crippen molar-refractivity contribution in [2.45, 2.75) is 11.9 Å². The second kappa shape index (κ2) is 7.97. The molecule has 0 bridgehead atoms. The highest BCUT2D eigenvalue weighted by atomic mass is 35.5. The average Bonchev–Trinajstić information content (AvgIpc) is 2.78. The molecule has 0 unspecified atom stereocenters. The number of carbonyl (C=O) groups excluding carboxylic acids is 1. The Morgan fingerprint density at radius 2 is 1.70 bits per heavy atom. The van der Waals surface area contributed by atoms with E-state index in [4.69, 9.17) is 21.7 Å². The van der Waals surface area contributed by atoms with E-state index in [1.807, 2.05) is 66.7 Å². The molecule has 0 fully saturated rings. The summed E-state index contributed by atoms with van der Waals surface area (Å²) in [7, 11) is 0. The minimum atomic E-state index is -0.439. The Hall–Kier alpha value is -3.09. The van der Waals surface area contributed by atoms with E-state index in [1.165, 1.54) is 11.8 Å². The van der Waals surface area contributed by atoms with Gasteiger partial charge in [0, 0.05) is 16.0 Å². The maximum absolute atomic E-state index is 13.1. The quantitative estimate of drug-likeness (QED) is 0.690. The van der Waals surface area contributed by atoms with Gasteiger partial charge in [0.15, 0.2) is 11.3 Å². The molecule has 2 aliphatic heterocycles. The molecule has 0 aliphatic carbocycles. The summed E-state index contributed by atoms with van der Waals surface area (Å²) in [6.07, 6.45) is -0.439. The molecule has 0 radical (unpaired) electrons. The molecule has 2 aliphatic rings. The van der Waals surface area contributed by atoms with Crippen molar-refractivity contribution in [3.05, 3.63) is 106 Å². The Labute approximate surface area is 182 Å². The van der Waals surface area contributed by atoms with Gasteiger partial charge in [-0.05, 0) is 29.3 Å². The van der Waals surface area contributed by atoms with Gasteiger partial charge < -0.3 is 0 Å². The van der Waals surface area contributed by atoms with Gasteiger partial charge in [0.25, 0.3) is 5.91 Å². The van der Waals surface area contributed by atoms with Crippen LogP contribution in [0.5, 0.6) is 0 Å². The summed E-state index contributed by atoms with van der Waals surface area (Å²) in [4.78, 5) is 18.0. The molecule has 3 aromatic rings. The highest BCUT2D eigenvalue weighted by molar-refractivity contribution is 8.13. The van der Waals surface area contributed by atoms with Crippen LogP contribution < -0.4 is 15.9 Å². The van der Waals surface area contributed by atoms with E-state index in [9.17, 15) is 4.79 Å². The molecule has 0 spiro atoms. The van der Waals surface area contributed by atoms with Crippen molar-refractivity contribution in [3.8, 4) is 0 Å². The summed E-state index contributed by atoms with van der Waals surface area (Å²) in [5.74, 6) is 0.532. The minimum Gasteiger partial charge on any atom is -0.298 e. The van der Waals surface area contributed by atoms with Gasteiger partial charge in [0.1, 0.15) is 5.70 Å². The third-order valence-corrected chi connectivity index (χ3v) is 6.09. The lowest BCUT2D eigenvalue weighted by Gasteiger charge is -2.34. The van der Waals surface area contributed by atoms with E-state index < -0.39 is 6.17 Å². The fraction of sp³-hybridized carbons (Fsp3) is 0.0870. The number of hydrogen-bond donors (Lipinski definition) is 1. The fourth-order valence-electron chi connectivity index (χ4n) is 3.47. The Balaban J connectivity index is 1.57. The summed E-state index contributed by atoms with van der Waals surface area (Å²) < 4.78 is 0. The zero-order chi connectivity index (χ0) is 20.5. The van der Waals surface area contributed by atoms with Gasteiger partial charge >= 0.3 is 0 Å². The maximum atomic E-state index is 13.1. The average molecular weight is 433 g/mol. The van der Waals surface area contributed by atoms with E-state index in [1.54, 1.807) is 5.01 Å². The Bertz CT molecular complexity index is 1260. The third-order valence-electron chi connectivity index (χ3n) is 4.90. The summed E-state index contributed by atoms with van der Waals surface area (Å²) in [6, 6.07) is 25.2. The van der Waals surface area contributed by atoms with Crippen molar-refractivity contribution in [3.63, 3.8) is 0 Å². The van der Waals surface area contributed by atoms with Crippen LogP contribution in [-0.4, -0.2) is 16.1 Å². The summed E-state index contributed by atoms with van der Waals surface area (Å²) in [5, 5.41) is 12.2. The summed E-state index contributed by atoms with van der Waals surface area (Å²) in [6.45, 7) is 0. The van der Waals surface area contributed by atoms with Crippen molar-refractivity contribution in [2.24, 2.45) is 10.1 Å². The second-order valence-corrected chi connectivity index (χ2v) is 8.30. The highest BCUT2D eigenvalue weighted by Crippen LogP contribution is 2.31. The first kappa shape index (κ1) is 18.9. The number of amidine groups is 1. The lowest BCUT2D eigenvalue weighted by molar-refractivity contribution is -0.116. The monoisotopic (exact) mass is 432 g/mol. The number of nitrogens with zero attached hydrogens (tertiary/aromatic N) is 3. The summed E-state index contributed by atoms with van der Waals surface area (Å²) >= 11 is 7.56. The number of thioether (sulfide) groups is 1. The minimum absolute atomic E-state index is 0.179. The molecule has 7 heteroatoms. The van der Waals surface area contributed by atoms with Crippen LogP contribution in [-0.2, 0) is 10.5 Å². The van der Waals surface area contributed by atoms with Gasteiger partial charge in [-0.25, -0.2) is 5.01 Å². The van der Waals surface area contributed by atoms with Crippen LogP contribution in [0.4, 0.5) is 0 Å². The molecule has 3 aromatic carbocycles. The molecule has 1 N–H and O–H groups in total. The van der Waals surface area contributed by atoms with Crippen molar-refractivity contribution in [1.29, 1.82) is 0 Å². The lowest BCUT2D eigenvalue weighted by atomic mass is 10.1. The molecule has 5 nitrogen and oxygen atoms in total. The van der Waals surface area contributed by atoms with Gasteiger partial charge in [0.05, 0.1) is 5.36 Å². The fourth-order valence-corrected chi connectivity index (χ4v) is 4.40. The van der Waals surface area contributed by atoms with Crippen LogP contribution in [0.2, 0.25) is 5.02 Å². The maximum Gasteiger partial charge on any atom is 0.276 e. The first-order valence-corrected chi connectivity index (χ1v) is 10.8. The molecule has 0 aromatic heterocycles. The van der Waals surface area contributed by atoms with E-state index in [-0.39, 0.29) is 5.91 Å². The smallest absolute Gasteiger partial charge is 0.276 e. The third kappa shape index (κ3) is 3.60. The van der Waals surface area contributed by atoms with E-state index in [0.717, 1.165) is 21.7 Å². The van der Waals surface area contributed by atoms with Gasteiger partial charge in [-0.1, -0.05) is 84.0 Å². The standard InChI is InChI=1S/C23H17ClN4OS/c24-17-12-10-16(11-13-17)21-25-19-9-5-4-8-18(19)20-22(29)26-23(27-28(20)21)30-14-15-6-2-1-3-7-15/h1-13,21H,14H2,(H,26,27,29)/t21-/m0/s1. The second-order valence-electron chi connectivity index (χ2n) is 6.90. The number of para-hydroxylation sites is 1. The van der Waals surface area contributed by atoms with Crippen LogP contribution >= 0.6 is 23.4 Å². The van der Waals surface area contributed by atoms with Gasteiger partial charge in [-0.15, -0.1) is 5.10 Å². The number of hydrazone groups is 1. The largest absolute Gasteiger partial charge is 0.298 e. The number of halogens is 1. The first-order chi connectivity index (χ1) is 14.7. The summed E-state index contributed by atoms with van der Waals surface area (Å²) in [5.41, 5.74) is 2.58. The molecule has 30 heavy (non-hydrogen) atoms. The van der Waals surface area contributed by atoms with Crippen molar-refractivity contribution in [1.82, 2.24) is 10.3 Å². The van der Waals surface area contributed by atoms with Crippen molar-refractivity contribution in [2.75, 3.05) is 0 Å². The predicted molar refractivity (Wildman–Crippen MR) is 120 cm³/mol. The van der Waals surface area contributed by atoms with Crippen molar-refractivity contribution < 1.29 is 4.79 Å². The molecule has 0 saturated heterocycles. The molecular formula is C23H17ClN4OS. The van der Waals surface area contributed by atoms with Crippen LogP contribution in [0.25, 0.3) is 5.70 Å². The molecule has 148 valence electrons. The van der Waals surface area contributed by atoms with Crippen LogP contribution in [0.1, 0.15) is 17.3 Å². The van der Waals surface area contributed by atoms with Gasteiger partial charge in [-0.2, -0.15) is 0 Å². The Morgan fingerprint density at radius 3 is 2.50 bits per heavy atom. The first-order valence-electron chi connectivity index (χ1n) is 9.47. The molecule has 1 amide bonds. The normalized spacial score (nSPS) is 17.4. The number of carbonyl (C=O) groups is 1. The van der Waals surface area contributed by atoms with E-state index >= 15 is 0 Å².